The van der Waals surface area contributed by atoms with Crippen LogP contribution in [0.1, 0.15) is 56.4 Å². The van der Waals surface area contributed by atoms with E-state index in [1.54, 1.807) is 12.1 Å². The van der Waals surface area contributed by atoms with Gasteiger partial charge in [0.1, 0.15) is 11.9 Å². The third-order valence-electron chi connectivity index (χ3n) is 7.88. The van der Waals surface area contributed by atoms with E-state index in [4.69, 9.17) is 16.6 Å². The van der Waals surface area contributed by atoms with Crippen molar-refractivity contribution in [1.82, 2.24) is 14.8 Å². The van der Waals surface area contributed by atoms with Gasteiger partial charge in [0.2, 0.25) is 0 Å². The van der Waals surface area contributed by atoms with Crippen LogP contribution >= 0.6 is 11.6 Å². The number of likely N-dealkylation sites (tertiary alicyclic amines) is 2. The Balaban J connectivity index is 0.00000289. The number of aryl methyl sites for hydroxylation is 1. The van der Waals surface area contributed by atoms with Crippen molar-refractivity contribution in [2.24, 2.45) is 5.92 Å². The first-order valence-electron chi connectivity index (χ1n) is 12.8. The molecular formula is C27H37ClN4O2. The predicted octanol–water partition coefficient (Wildman–Crippen LogP) is 4.88. The maximum atomic E-state index is 12.1. The third kappa shape index (κ3) is 5.40. The number of benzene rings is 1. The number of rotatable bonds is 6. The maximum absolute atomic E-state index is 12.1. The first kappa shape index (κ1) is 23.6. The van der Waals surface area contributed by atoms with Crippen LogP contribution < -0.4 is 5.32 Å². The highest BCUT2D eigenvalue weighted by atomic mass is 35.5. The van der Waals surface area contributed by atoms with Gasteiger partial charge in [0.05, 0.1) is 0 Å². The van der Waals surface area contributed by atoms with Gasteiger partial charge in [0.25, 0.3) is 0 Å². The lowest BCUT2D eigenvalue weighted by Gasteiger charge is -2.43. The fourth-order valence-electron chi connectivity index (χ4n) is 6.00. The average Bonchev–Trinajstić information content (AvgIpc) is 2.85. The smallest absolute Gasteiger partial charge is 0.325 e. The number of anilines is 1. The van der Waals surface area contributed by atoms with Gasteiger partial charge in [0.15, 0.2) is 0 Å². The van der Waals surface area contributed by atoms with Gasteiger partial charge in [-0.3, -0.25) is 9.69 Å². The van der Waals surface area contributed by atoms with Crippen molar-refractivity contribution in [1.29, 1.82) is 0 Å². The van der Waals surface area contributed by atoms with E-state index in [-0.39, 0.29) is 1.43 Å². The number of piperidine rings is 2. The molecule has 4 heterocycles. The topological polar surface area (TPSA) is 68.7 Å². The van der Waals surface area contributed by atoms with Gasteiger partial charge < -0.3 is 15.3 Å². The molecule has 2 fully saturated rings. The lowest BCUT2D eigenvalue weighted by molar-refractivity contribution is -0.144. The van der Waals surface area contributed by atoms with Crippen molar-refractivity contribution in [2.45, 2.75) is 57.0 Å². The summed E-state index contributed by atoms with van der Waals surface area (Å²) in [5.41, 5.74) is 3.35. The Morgan fingerprint density at radius 1 is 1.15 bits per heavy atom. The Kier molecular flexibility index (Phi) is 7.37. The summed E-state index contributed by atoms with van der Waals surface area (Å²) in [5, 5.41) is 13.9. The number of hydrogen-bond donors (Lipinski definition) is 2. The van der Waals surface area contributed by atoms with Gasteiger partial charge >= 0.3 is 5.97 Å². The monoisotopic (exact) mass is 484 g/mol. The van der Waals surface area contributed by atoms with E-state index in [2.05, 4.69) is 27.2 Å². The van der Waals surface area contributed by atoms with Crippen LogP contribution in [0.4, 0.5) is 5.82 Å². The lowest BCUT2D eigenvalue weighted by atomic mass is 9.89. The normalized spacial score (nSPS) is 21.6. The van der Waals surface area contributed by atoms with E-state index in [1.807, 2.05) is 12.1 Å². The molecule has 7 heteroatoms. The molecule has 2 aromatic rings. The van der Waals surface area contributed by atoms with Crippen molar-refractivity contribution >= 4 is 23.4 Å². The average molecular weight is 485 g/mol. The van der Waals surface area contributed by atoms with Gasteiger partial charge in [0, 0.05) is 37.8 Å². The molecule has 3 aliphatic rings. The summed E-state index contributed by atoms with van der Waals surface area (Å²) in [6, 6.07) is 11.7. The molecule has 0 amide bonds. The van der Waals surface area contributed by atoms with E-state index in [1.165, 1.54) is 30.5 Å². The molecule has 0 bridgehead atoms. The number of nitrogens with one attached hydrogen (secondary N) is 1. The fraction of sp³-hybridized carbons (Fsp3) is 0.556. The Morgan fingerprint density at radius 2 is 1.94 bits per heavy atom. The Labute approximate surface area is 208 Å². The Hall–Kier alpha value is -2.15. The molecule has 0 spiro atoms. The molecule has 6 nitrogen and oxygen atoms in total. The number of carbonyl (C=O) groups is 1. The highest BCUT2D eigenvalue weighted by molar-refractivity contribution is 6.30. The number of aliphatic carboxylic acids is 1. The van der Waals surface area contributed by atoms with Crippen molar-refractivity contribution < 1.29 is 11.3 Å². The highest BCUT2D eigenvalue weighted by Gasteiger charge is 2.34. The van der Waals surface area contributed by atoms with Crippen molar-refractivity contribution in [2.75, 3.05) is 38.0 Å². The molecule has 1 aromatic heterocycles. The van der Waals surface area contributed by atoms with E-state index in [9.17, 15) is 9.90 Å². The number of pyridine rings is 1. The quantitative estimate of drug-likeness (QED) is 0.608. The number of hydrogen-bond acceptors (Lipinski definition) is 5. The standard InChI is InChI=1S/C27H35ClN4O2.H2/c28-22-5-1-3-21(18-22)25(27(33)34)32-15-10-24(11-16-32)31-13-8-19(9-14-31)17-23-7-6-20-4-2-12-29-26(20)30-23;/h1,3,5-7,18-19,24-25H,2,4,8-17H2,(H,29,30)(H,33,34);1H. The van der Waals surface area contributed by atoms with Crippen molar-refractivity contribution in [3.8, 4) is 0 Å². The van der Waals surface area contributed by atoms with Crippen LogP contribution in [-0.2, 0) is 17.6 Å². The summed E-state index contributed by atoms with van der Waals surface area (Å²) in [6.45, 7) is 4.91. The van der Waals surface area contributed by atoms with Gasteiger partial charge in [-0.05, 0) is 93.3 Å². The molecule has 1 aromatic carbocycles. The molecule has 0 aliphatic carbocycles. The zero-order valence-corrected chi connectivity index (χ0v) is 20.5. The summed E-state index contributed by atoms with van der Waals surface area (Å²) < 4.78 is 0. The van der Waals surface area contributed by atoms with E-state index < -0.39 is 12.0 Å². The second kappa shape index (κ2) is 10.6. The molecule has 0 radical (unpaired) electrons. The molecule has 5 rings (SSSR count). The van der Waals surface area contributed by atoms with Crippen LogP contribution in [0.15, 0.2) is 36.4 Å². The summed E-state index contributed by atoms with van der Waals surface area (Å²) in [4.78, 5) is 21.7. The Bertz CT molecular complexity index is 1010. The van der Waals surface area contributed by atoms with E-state index in [0.717, 1.165) is 69.8 Å². The molecule has 2 saturated heterocycles. The molecule has 1 unspecified atom stereocenters. The molecule has 1 atom stereocenters. The highest BCUT2D eigenvalue weighted by Crippen LogP contribution is 2.31. The zero-order valence-electron chi connectivity index (χ0n) is 19.8. The molecule has 34 heavy (non-hydrogen) atoms. The van der Waals surface area contributed by atoms with Gasteiger partial charge in [-0.25, -0.2) is 4.98 Å². The van der Waals surface area contributed by atoms with E-state index in [0.29, 0.717) is 17.0 Å². The van der Waals surface area contributed by atoms with Crippen molar-refractivity contribution in [3.63, 3.8) is 0 Å². The molecule has 184 valence electrons. The fourth-order valence-corrected chi connectivity index (χ4v) is 6.19. The second-order valence-electron chi connectivity index (χ2n) is 10.1. The largest absolute Gasteiger partial charge is 0.480 e. The number of carboxylic acid groups (broad SMARTS) is 1. The first-order chi connectivity index (χ1) is 16.6. The molecular weight excluding hydrogens is 448 g/mol. The van der Waals surface area contributed by atoms with Crippen LogP contribution in [-0.4, -0.2) is 64.6 Å². The number of carboxylic acids is 1. The summed E-state index contributed by atoms with van der Waals surface area (Å²) in [6.07, 6.45) is 7.88. The molecule has 2 N–H and O–H groups in total. The first-order valence-corrected chi connectivity index (χ1v) is 13.1. The van der Waals surface area contributed by atoms with Crippen LogP contribution in [0.2, 0.25) is 5.02 Å². The zero-order chi connectivity index (χ0) is 23.5. The lowest BCUT2D eigenvalue weighted by Crippen LogP contribution is -2.49. The summed E-state index contributed by atoms with van der Waals surface area (Å²) in [5.74, 6) is 1.00. The van der Waals surface area contributed by atoms with Gasteiger partial charge in [-0.1, -0.05) is 29.8 Å². The third-order valence-corrected chi connectivity index (χ3v) is 8.11. The minimum absolute atomic E-state index is 0. The van der Waals surface area contributed by atoms with Crippen LogP contribution in [0.5, 0.6) is 0 Å². The summed E-state index contributed by atoms with van der Waals surface area (Å²) in [7, 11) is 0. The Morgan fingerprint density at radius 3 is 2.68 bits per heavy atom. The van der Waals surface area contributed by atoms with Crippen molar-refractivity contribution in [3.05, 3.63) is 58.2 Å². The van der Waals surface area contributed by atoms with Crippen LogP contribution in [0.25, 0.3) is 0 Å². The predicted molar refractivity (Wildman–Crippen MR) is 138 cm³/mol. The van der Waals surface area contributed by atoms with Gasteiger partial charge in [-0.2, -0.15) is 0 Å². The number of fused-ring (bicyclic) bond motifs is 1. The minimum atomic E-state index is -0.799. The number of halogens is 1. The summed E-state index contributed by atoms with van der Waals surface area (Å²) >= 11 is 6.13. The minimum Gasteiger partial charge on any atom is -0.480 e. The maximum Gasteiger partial charge on any atom is 0.325 e. The molecule has 0 saturated carbocycles. The molecule has 3 aliphatic heterocycles. The van der Waals surface area contributed by atoms with Crippen LogP contribution in [0.3, 0.4) is 0 Å². The van der Waals surface area contributed by atoms with Gasteiger partial charge in [-0.15, -0.1) is 0 Å². The SMILES string of the molecule is O=C(O)C(c1cccc(Cl)c1)N1CCC(N2CCC(Cc3ccc4c(n3)NCCC4)CC2)CC1.[HH]. The van der Waals surface area contributed by atoms with E-state index >= 15 is 0 Å². The van der Waals surface area contributed by atoms with Crippen LogP contribution in [0, 0.1) is 5.92 Å². The number of aromatic nitrogens is 1. The second-order valence-corrected chi connectivity index (χ2v) is 10.5. The number of nitrogens with zero attached hydrogens (tertiary/aromatic N) is 3.